The molecular formula is C21H29N3O6. The molecule has 1 aromatic heterocycles. The van der Waals surface area contributed by atoms with Gasteiger partial charge in [0.25, 0.3) is 0 Å². The Morgan fingerprint density at radius 1 is 1.10 bits per heavy atom. The first-order chi connectivity index (χ1) is 14.6. The van der Waals surface area contributed by atoms with Gasteiger partial charge in [-0.25, -0.2) is 9.59 Å². The first-order valence-electron chi connectivity index (χ1n) is 10.7. The van der Waals surface area contributed by atoms with Crippen molar-refractivity contribution in [3.63, 3.8) is 0 Å². The average Bonchev–Trinajstić information content (AvgIpc) is 3.33. The number of amides is 2. The van der Waals surface area contributed by atoms with E-state index >= 15 is 0 Å². The van der Waals surface area contributed by atoms with Crippen LogP contribution in [0.3, 0.4) is 0 Å². The Hall–Kier alpha value is -2.39. The lowest BCUT2D eigenvalue weighted by Gasteiger charge is -2.24. The van der Waals surface area contributed by atoms with E-state index in [4.69, 9.17) is 18.9 Å². The van der Waals surface area contributed by atoms with E-state index in [-0.39, 0.29) is 36.4 Å². The second-order valence-corrected chi connectivity index (χ2v) is 7.94. The Labute approximate surface area is 175 Å². The molecule has 0 spiro atoms. The molecule has 0 aromatic carbocycles. The minimum atomic E-state index is -0.443. The summed E-state index contributed by atoms with van der Waals surface area (Å²) in [5.74, 6) is 0.00575. The highest BCUT2D eigenvalue weighted by molar-refractivity contribution is 5.89. The van der Waals surface area contributed by atoms with Crippen molar-refractivity contribution >= 4 is 12.0 Å². The Kier molecular flexibility index (Phi) is 6.69. The predicted octanol–water partition coefficient (Wildman–Crippen LogP) is 1.80. The van der Waals surface area contributed by atoms with Crippen LogP contribution in [0.5, 0.6) is 5.75 Å². The highest BCUT2D eigenvalue weighted by Crippen LogP contribution is 2.30. The van der Waals surface area contributed by atoms with E-state index in [9.17, 15) is 9.59 Å². The fourth-order valence-corrected chi connectivity index (χ4v) is 4.32. The third-order valence-corrected chi connectivity index (χ3v) is 5.78. The molecule has 164 valence electrons. The van der Waals surface area contributed by atoms with Crippen molar-refractivity contribution in [3.8, 4) is 5.75 Å². The molecule has 9 nitrogen and oxygen atoms in total. The molecule has 2 amide bonds. The van der Waals surface area contributed by atoms with E-state index in [0.717, 1.165) is 25.7 Å². The molecule has 0 unspecified atom stereocenters. The number of rotatable bonds is 6. The minimum absolute atomic E-state index is 0.171. The summed E-state index contributed by atoms with van der Waals surface area (Å²) in [6.45, 7) is 2.75. The summed E-state index contributed by atoms with van der Waals surface area (Å²) in [6, 6.07) is 1.45. The van der Waals surface area contributed by atoms with E-state index in [0.29, 0.717) is 31.1 Å². The standard InChI is InChI=1S/C21H29N3O6/c1-2-27-20(25)13-8-15(10-22-9-13)30-17-12-29-18-16(11-28-19(17)18)24-21(26)23-14-6-4-3-5-7-14/h8-10,14,16-19H,2-7,11-12H2,1H3,(H2,23,24,26)/t16-,17-,18+,19+/m0/s1. The molecule has 2 N–H and O–H groups in total. The van der Waals surface area contributed by atoms with Crippen molar-refractivity contribution in [2.45, 2.75) is 69.4 Å². The number of nitrogens with one attached hydrogen (secondary N) is 2. The van der Waals surface area contributed by atoms with Crippen molar-refractivity contribution in [2.24, 2.45) is 0 Å². The summed E-state index contributed by atoms with van der Waals surface area (Å²) < 4.78 is 22.7. The van der Waals surface area contributed by atoms with Gasteiger partial charge in [0.15, 0.2) is 6.10 Å². The molecule has 3 fully saturated rings. The number of carbonyl (C=O) groups excluding carboxylic acids is 2. The quantitative estimate of drug-likeness (QED) is 0.677. The molecule has 2 saturated heterocycles. The third kappa shape index (κ3) is 4.84. The van der Waals surface area contributed by atoms with Gasteiger partial charge < -0.3 is 29.6 Å². The summed E-state index contributed by atoms with van der Waals surface area (Å²) in [5.41, 5.74) is 0.330. The van der Waals surface area contributed by atoms with Gasteiger partial charge in [-0.05, 0) is 25.8 Å². The van der Waals surface area contributed by atoms with Crippen LogP contribution in [0.1, 0.15) is 49.4 Å². The normalized spacial score (nSPS) is 28.6. The van der Waals surface area contributed by atoms with Crippen molar-refractivity contribution in [2.75, 3.05) is 19.8 Å². The topological polar surface area (TPSA) is 108 Å². The fraction of sp³-hybridized carbons (Fsp3) is 0.667. The molecular weight excluding hydrogens is 390 g/mol. The van der Waals surface area contributed by atoms with Crippen molar-refractivity contribution in [3.05, 3.63) is 24.0 Å². The molecule has 4 atom stereocenters. The van der Waals surface area contributed by atoms with Crippen molar-refractivity contribution < 1.29 is 28.5 Å². The number of carbonyl (C=O) groups is 2. The fourth-order valence-electron chi connectivity index (χ4n) is 4.32. The Balaban J connectivity index is 1.30. The average molecular weight is 419 g/mol. The Morgan fingerprint density at radius 3 is 2.70 bits per heavy atom. The molecule has 0 radical (unpaired) electrons. The monoisotopic (exact) mass is 419 g/mol. The molecule has 3 aliphatic rings. The molecule has 1 saturated carbocycles. The number of fused-ring (bicyclic) bond motifs is 1. The summed E-state index contributed by atoms with van der Waals surface area (Å²) in [7, 11) is 0. The molecule has 3 heterocycles. The highest BCUT2D eigenvalue weighted by atomic mass is 16.6. The molecule has 0 bridgehead atoms. The van der Waals surface area contributed by atoms with Gasteiger partial charge in [0.2, 0.25) is 0 Å². The highest BCUT2D eigenvalue weighted by Gasteiger charge is 2.49. The first-order valence-corrected chi connectivity index (χ1v) is 10.7. The second-order valence-electron chi connectivity index (χ2n) is 7.94. The molecule has 2 aliphatic heterocycles. The van der Waals surface area contributed by atoms with Gasteiger partial charge in [0.05, 0.1) is 37.6 Å². The second kappa shape index (κ2) is 9.61. The van der Waals surface area contributed by atoms with E-state index in [1.807, 2.05) is 0 Å². The number of hydrogen-bond donors (Lipinski definition) is 2. The van der Waals surface area contributed by atoms with Crippen molar-refractivity contribution in [1.82, 2.24) is 15.6 Å². The van der Waals surface area contributed by atoms with Gasteiger partial charge in [0.1, 0.15) is 18.0 Å². The lowest BCUT2D eigenvalue weighted by molar-refractivity contribution is 0.0300. The van der Waals surface area contributed by atoms with Gasteiger partial charge in [-0.1, -0.05) is 19.3 Å². The third-order valence-electron chi connectivity index (χ3n) is 5.78. The summed E-state index contributed by atoms with van der Waals surface area (Å²) in [4.78, 5) is 28.3. The van der Waals surface area contributed by atoms with Crippen LogP contribution in [0.25, 0.3) is 0 Å². The molecule has 30 heavy (non-hydrogen) atoms. The van der Waals surface area contributed by atoms with Crippen LogP contribution in [-0.2, 0) is 14.2 Å². The molecule has 4 rings (SSSR count). The number of hydrogen-bond acceptors (Lipinski definition) is 7. The number of nitrogens with zero attached hydrogens (tertiary/aromatic N) is 1. The van der Waals surface area contributed by atoms with E-state index in [1.54, 1.807) is 19.2 Å². The number of aromatic nitrogens is 1. The summed E-state index contributed by atoms with van der Waals surface area (Å²) in [5, 5.41) is 6.05. The minimum Gasteiger partial charge on any atom is -0.484 e. The Morgan fingerprint density at radius 2 is 1.90 bits per heavy atom. The van der Waals surface area contributed by atoms with Crippen LogP contribution >= 0.6 is 0 Å². The van der Waals surface area contributed by atoms with Crippen LogP contribution in [-0.4, -0.2) is 67.2 Å². The number of ether oxygens (including phenoxy) is 4. The largest absolute Gasteiger partial charge is 0.484 e. The van der Waals surface area contributed by atoms with Gasteiger partial charge in [-0.3, -0.25) is 4.98 Å². The predicted molar refractivity (Wildman–Crippen MR) is 106 cm³/mol. The van der Waals surface area contributed by atoms with Gasteiger partial charge in [-0.15, -0.1) is 0 Å². The van der Waals surface area contributed by atoms with Crippen LogP contribution < -0.4 is 15.4 Å². The zero-order valence-corrected chi connectivity index (χ0v) is 17.2. The number of esters is 1. The van der Waals surface area contributed by atoms with Gasteiger partial charge in [-0.2, -0.15) is 0 Å². The van der Waals surface area contributed by atoms with Gasteiger partial charge >= 0.3 is 12.0 Å². The van der Waals surface area contributed by atoms with E-state index in [2.05, 4.69) is 15.6 Å². The van der Waals surface area contributed by atoms with Gasteiger partial charge in [0, 0.05) is 12.2 Å². The number of urea groups is 1. The smallest absolute Gasteiger partial charge is 0.339 e. The molecule has 9 heteroatoms. The van der Waals surface area contributed by atoms with E-state index < -0.39 is 5.97 Å². The Bertz CT molecular complexity index is 754. The van der Waals surface area contributed by atoms with Crippen LogP contribution in [0.4, 0.5) is 4.79 Å². The molecule has 1 aliphatic carbocycles. The van der Waals surface area contributed by atoms with E-state index in [1.165, 1.54) is 12.6 Å². The van der Waals surface area contributed by atoms with Crippen LogP contribution in [0.15, 0.2) is 18.5 Å². The lowest BCUT2D eigenvalue weighted by Crippen LogP contribution is -2.51. The van der Waals surface area contributed by atoms with Crippen molar-refractivity contribution in [1.29, 1.82) is 0 Å². The molecule has 1 aromatic rings. The zero-order chi connectivity index (χ0) is 20.9. The SMILES string of the molecule is CCOC(=O)c1cncc(O[C@H]2CO[C@H]3[C@@H]2OC[C@@H]3NC(=O)NC2CCCCC2)c1. The maximum absolute atomic E-state index is 12.4. The maximum atomic E-state index is 12.4. The summed E-state index contributed by atoms with van der Waals surface area (Å²) in [6.07, 6.45) is 7.71. The lowest BCUT2D eigenvalue weighted by atomic mass is 9.96. The maximum Gasteiger partial charge on any atom is 0.339 e. The van der Waals surface area contributed by atoms with Crippen LogP contribution in [0, 0.1) is 0 Å². The first kappa shape index (κ1) is 20.9. The zero-order valence-electron chi connectivity index (χ0n) is 17.2. The van der Waals surface area contributed by atoms with Crippen LogP contribution in [0.2, 0.25) is 0 Å². The number of pyridine rings is 1. The summed E-state index contributed by atoms with van der Waals surface area (Å²) >= 11 is 0.